The molecule has 0 fully saturated rings. The molecule has 2 aromatic heterocycles. The van der Waals surface area contributed by atoms with E-state index in [0.29, 0.717) is 24.1 Å². The minimum atomic E-state index is -0.165. The van der Waals surface area contributed by atoms with Crippen LogP contribution >= 0.6 is 0 Å². The molecular formula is C21H25N5O2. The summed E-state index contributed by atoms with van der Waals surface area (Å²) in [5.74, 6) is 0.0600. The molecule has 0 radical (unpaired) electrons. The predicted molar refractivity (Wildman–Crippen MR) is 110 cm³/mol. The maximum atomic E-state index is 13.2. The van der Waals surface area contributed by atoms with Crippen molar-refractivity contribution in [2.45, 2.75) is 26.8 Å². The van der Waals surface area contributed by atoms with Crippen LogP contribution in [0.4, 0.5) is 5.69 Å². The van der Waals surface area contributed by atoms with E-state index in [1.165, 1.54) is 5.69 Å². The largest absolute Gasteiger partial charge is 0.373 e. The van der Waals surface area contributed by atoms with Crippen LogP contribution in [0.2, 0.25) is 0 Å². The van der Waals surface area contributed by atoms with Crippen molar-refractivity contribution in [3.63, 3.8) is 0 Å². The quantitative estimate of drug-likeness (QED) is 0.738. The number of anilines is 1. The van der Waals surface area contributed by atoms with Crippen LogP contribution in [0.1, 0.15) is 22.4 Å². The molecule has 4 rings (SSSR count). The third-order valence-corrected chi connectivity index (χ3v) is 5.73. The minimum Gasteiger partial charge on any atom is -0.373 e. The Balaban J connectivity index is 1.66. The maximum absolute atomic E-state index is 13.2. The van der Waals surface area contributed by atoms with Crippen LogP contribution in [-0.4, -0.2) is 45.7 Å². The van der Waals surface area contributed by atoms with Crippen molar-refractivity contribution in [2.75, 3.05) is 25.0 Å². The molecule has 28 heavy (non-hydrogen) atoms. The molecule has 0 bridgehead atoms. The second kappa shape index (κ2) is 6.82. The van der Waals surface area contributed by atoms with Crippen molar-refractivity contribution in [3.8, 4) is 0 Å². The molecule has 146 valence electrons. The number of amides is 1. The van der Waals surface area contributed by atoms with Crippen molar-refractivity contribution >= 4 is 22.6 Å². The molecule has 0 saturated carbocycles. The number of aromatic amines is 1. The molecule has 0 unspecified atom stereocenters. The second-order valence-electron chi connectivity index (χ2n) is 7.54. The van der Waals surface area contributed by atoms with Gasteiger partial charge in [-0.1, -0.05) is 18.2 Å². The number of hydrogen-bond acceptors (Lipinski definition) is 4. The van der Waals surface area contributed by atoms with Gasteiger partial charge in [0.1, 0.15) is 0 Å². The fraction of sp³-hybridized carbons (Fsp3) is 0.381. The number of para-hydroxylation sites is 1. The number of benzene rings is 1. The number of nitrogens with one attached hydrogen (secondary N) is 1. The minimum absolute atomic E-state index is 0.0600. The lowest BCUT2D eigenvalue weighted by molar-refractivity contribution is -0.130. The average molecular weight is 379 g/mol. The third-order valence-electron chi connectivity index (χ3n) is 5.73. The summed E-state index contributed by atoms with van der Waals surface area (Å²) in [5.41, 5.74) is 5.26. The highest BCUT2D eigenvalue weighted by Crippen LogP contribution is 2.25. The lowest BCUT2D eigenvalue weighted by Crippen LogP contribution is -2.35. The Hall–Kier alpha value is -3.09. The van der Waals surface area contributed by atoms with Gasteiger partial charge in [0, 0.05) is 45.1 Å². The smallest absolute Gasteiger partial charge is 0.273 e. The Morgan fingerprint density at radius 1 is 1.18 bits per heavy atom. The van der Waals surface area contributed by atoms with Gasteiger partial charge in [0.15, 0.2) is 5.65 Å². The van der Waals surface area contributed by atoms with Crippen molar-refractivity contribution < 1.29 is 4.79 Å². The zero-order chi connectivity index (χ0) is 20.0. The highest BCUT2D eigenvalue weighted by Gasteiger charge is 2.23. The molecule has 3 aromatic rings. The number of aryl methyl sites for hydroxylation is 3. The van der Waals surface area contributed by atoms with Crippen LogP contribution < -0.4 is 10.5 Å². The van der Waals surface area contributed by atoms with E-state index in [0.717, 1.165) is 28.9 Å². The standard InChI is InChI=1S/C21H25N5O2/c1-13-16(14(2)22-20-19(13)21(28)23-25(20)4)11-18(27)26-10-9-24(3)17-8-6-5-7-15(17)12-26/h5-8H,9-12H2,1-4H3,(H,23,28). The average Bonchev–Trinajstić information content (AvgIpc) is 2.84. The second-order valence-corrected chi connectivity index (χ2v) is 7.54. The van der Waals surface area contributed by atoms with Gasteiger partial charge in [-0.2, -0.15) is 0 Å². The predicted octanol–water partition coefficient (Wildman–Crippen LogP) is 1.90. The van der Waals surface area contributed by atoms with Crippen LogP contribution in [0.15, 0.2) is 29.1 Å². The molecule has 1 N–H and O–H groups in total. The number of fused-ring (bicyclic) bond motifs is 2. The van der Waals surface area contributed by atoms with Gasteiger partial charge in [-0.15, -0.1) is 0 Å². The molecule has 1 aliphatic heterocycles. The molecule has 0 aliphatic carbocycles. The zero-order valence-corrected chi connectivity index (χ0v) is 16.7. The van der Waals surface area contributed by atoms with Crippen molar-refractivity contribution in [1.29, 1.82) is 0 Å². The van der Waals surface area contributed by atoms with Gasteiger partial charge < -0.3 is 9.80 Å². The Morgan fingerprint density at radius 3 is 2.71 bits per heavy atom. The fourth-order valence-corrected chi connectivity index (χ4v) is 4.08. The SMILES string of the molecule is Cc1nc2c(c(C)c1CC(=O)N1CCN(C)c3ccccc3C1)c(=O)[nH]n2C. The molecule has 1 aliphatic rings. The summed E-state index contributed by atoms with van der Waals surface area (Å²) in [6, 6.07) is 8.20. The van der Waals surface area contributed by atoms with E-state index in [1.54, 1.807) is 11.7 Å². The first-order valence-corrected chi connectivity index (χ1v) is 9.48. The number of carbonyl (C=O) groups excluding carboxylic acids is 1. The summed E-state index contributed by atoms with van der Waals surface area (Å²) in [4.78, 5) is 34.1. The molecule has 1 amide bonds. The van der Waals surface area contributed by atoms with E-state index in [4.69, 9.17) is 0 Å². The first-order chi connectivity index (χ1) is 13.4. The zero-order valence-electron chi connectivity index (χ0n) is 16.7. The van der Waals surface area contributed by atoms with E-state index in [-0.39, 0.29) is 17.9 Å². The van der Waals surface area contributed by atoms with Gasteiger partial charge in [-0.05, 0) is 36.6 Å². The monoisotopic (exact) mass is 379 g/mol. The van der Waals surface area contributed by atoms with Crippen molar-refractivity contribution in [2.24, 2.45) is 7.05 Å². The molecular weight excluding hydrogens is 354 g/mol. The van der Waals surface area contributed by atoms with E-state index in [1.807, 2.05) is 30.9 Å². The van der Waals surface area contributed by atoms with E-state index in [9.17, 15) is 9.59 Å². The molecule has 0 saturated heterocycles. The summed E-state index contributed by atoms with van der Waals surface area (Å²) >= 11 is 0. The van der Waals surface area contributed by atoms with E-state index >= 15 is 0 Å². The molecule has 0 atom stereocenters. The number of hydrogen-bond donors (Lipinski definition) is 1. The highest BCUT2D eigenvalue weighted by molar-refractivity contribution is 5.85. The van der Waals surface area contributed by atoms with Gasteiger partial charge in [0.05, 0.1) is 11.8 Å². The van der Waals surface area contributed by atoms with Crippen molar-refractivity contribution in [1.82, 2.24) is 19.7 Å². The van der Waals surface area contributed by atoms with Crippen LogP contribution in [0.25, 0.3) is 11.0 Å². The number of nitrogens with zero attached hydrogens (tertiary/aromatic N) is 4. The number of pyridine rings is 1. The molecule has 0 spiro atoms. The Bertz CT molecular complexity index is 1130. The summed E-state index contributed by atoms with van der Waals surface area (Å²) in [6.45, 7) is 5.86. The maximum Gasteiger partial charge on any atom is 0.273 e. The van der Waals surface area contributed by atoms with E-state index < -0.39 is 0 Å². The molecule has 1 aromatic carbocycles. The third kappa shape index (κ3) is 2.96. The van der Waals surface area contributed by atoms with Gasteiger partial charge in [-0.3, -0.25) is 19.4 Å². The summed E-state index contributed by atoms with van der Waals surface area (Å²) in [7, 11) is 3.83. The number of carbonyl (C=O) groups is 1. The van der Waals surface area contributed by atoms with Gasteiger partial charge in [0.25, 0.3) is 5.56 Å². The highest BCUT2D eigenvalue weighted by atomic mass is 16.2. The summed E-state index contributed by atoms with van der Waals surface area (Å²) in [6.07, 6.45) is 0.251. The lowest BCUT2D eigenvalue weighted by atomic mass is 10.0. The number of rotatable bonds is 2. The summed E-state index contributed by atoms with van der Waals surface area (Å²) in [5, 5.41) is 3.32. The normalized spacial score (nSPS) is 14.3. The Kier molecular flexibility index (Phi) is 4.45. The van der Waals surface area contributed by atoms with Crippen LogP contribution in [0.5, 0.6) is 0 Å². The topological polar surface area (TPSA) is 74.2 Å². The fourth-order valence-electron chi connectivity index (χ4n) is 4.08. The van der Waals surface area contributed by atoms with Crippen LogP contribution in [0, 0.1) is 13.8 Å². The molecule has 3 heterocycles. The Labute approximate surface area is 163 Å². The number of aromatic nitrogens is 3. The number of likely N-dealkylation sites (N-methyl/N-ethyl adjacent to an activating group) is 1. The lowest BCUT2D eigenvalue weighted by Gasteiger charge is -2.22. The van der Waals surface area contributed by atoms with Gasteiger partial charge in [-0.25, -0.2) is 4.98 Å². The van der Waals surface area contributed by atoms with Crippen molar-refractivity contribution in [3.05, 3.63) is 57.0 Å². The van der Waals surface area contributed by atoms with Gasteiger partial charge in [0.2, 0.25) is 5.91 Å². The van der Waals surface area contributed by atoms with Gasteiger partial charge >= 0.3 is 0 Å². The summed E-state index contributed by atoms with van der Waals surface area (Å²) < 4.78 is 1.63. The molecule has 7 heteroatoms. The number of H-pyrrole nitrogens is 1. The molecule has 7 nitrogen and oxygen atoms in total. The Morgan fingerprint density at radius 2 is 1.93 bits per heavy atom. The first-order valence-electron chi connectivity index (χ1n) is 9.48. The van der Waals surface area contributed by atoms with Crippen LogP contribution in [0.3, 0.4) is 0 Å². The van der Waals surface area contributed by atoms with Crippen LogP contribution in [-0.2, 0) is 24.8 Å². The van der Waals surface area contributed by atoms with E-state index in [2.05, 4.69) is 34.2 Å². The first kappa shape index (κ1) is 18.3.